The molecule has 2 N–H and O–H groups in total. The normalized spacial score (nSPS) is 38.0. The van der Waals surface area contributed by atoms with E-state index in [0.29, 0.717) is 0 Å². The van der Waals surface area contributed by atoms with E-state index < -0.39 is 42.5 Å². The fourth-order valence-electron chi connectivity index (χ4n) is 0.775. The van der Waals surface area contributed by atoms with Crippen LogP contribution in [0.1, 0.15) is 0 Å². The Bertz CT molecular complexity index is 173. The van der Waals surface area contributed by atoms with Crippen LogP contribution >= 0.6 is 0 Å². The van der Waals surface area contributed by atoms with E-state index in [1.54, 1.807) is 0 Å². The lowest BCUT2D eigenvalue weighted by molar-refractivity contribution is -0.134. The molecule has 1 saturated heterocycles. The molecule has 5 nitrogen and oxygen atoms in total. The highest BCUT2D eigenvalue weighted by Crippen LogP contribution is 2.00. The number of carbonyl (C=O) groups excluding carboxylic acids is 2. The minimum atomic E-state index is -1.52. The first-order chi connectivity index (χ1) is 5.13. The summed E-state index contributed by atoms with van der Waals surface area (Å²) in [4.78, 5) is 21.5. The molecule has 0 saturated carbocycles. The van der Waals surface area contributed by atoms with Crippen LogP contribution in [-0.2, 0) is 13.7 Å². The Morgan fingerprint density at radius 1 is 1.09 bits per heavy atom. The second-order valence-corrected chi connectivity index (χ2v) is 5.92. The third-order valence-corrected chi connectivity index (χ3v) is 4.49. The maximum Gasteiger partial charge on any atom is 0.226 e. The van der Waals surface area contributed by atoms with Crippen molar-refractivity contribution in [2.45, 2.75) is 12.2 Å². The van der Waals surface area contributed by atoms with E-state index in [9.17, 15) is 9.59 Å². The van der Waals surface area contributed by atoms with Crippen LogP contribution in [0.5, 0.6) is 0 Å². The van der Waals surface area contributed by atoms with Gasteiger partial charge >= 0.3 is 0 Å². The summed E-state index contributed by atoms with van der Waals surface area (Å²) in [5, 5.41) is 16.9. The van der Waals surface area contributed by atoms with Crippen LogP contribution in [0.15, 0.2) is 0 Å². The summed E-state index contributed by atoms with van der Waals surface area (Å²) < 4.78 is 4.82. The first kappa shape index (κ1) is 8.75. The number of aliphatic hydroxyl groups is 2. The maximum atomic E-state index is 10.8. The number of aliphatic hydroxyl groups excluding tert-OH is 2. The van der Waals surface area contributed by atoms with E-state index >= 15 is 0 Å². The number of rotatable bonds is 0. The first-order valence-electron chi connectivity index (χ1n) is 3.12. The van der Waals surface area contributed by atoms with Gasteiger partial charge in [0.25, 0.3) is 0 Å². The largest absolute Gasteiger partial charge is 0.454 e. The molecular weight excluding hydrogens is 184 g/mol. The molecule has 0 aliphatic carbocycles. The Labute approximate surface area is 67.2 Å². The molecule has 1 aliphatic heterocycles. The fourth-order valence-corrected chi connectivity index (χ4v) is 3.58. The van der Waals surface area contributed by atoms with Gasteiger partial charge in [-0.1, -0.05) is 0 Å². The van der Waals surface area contributed by atoms with Crippen LogP contribution in [-0.4, -0.2) is 52.8 Å². The molecule has 62 valence electrons. The zero-order valence-corrected chi connectivity index (χ0v) is 8.52. The van der Waals surface area contributed by atoms with Gasteiger partial charge in [-0.2, -0.15) is 0 Å². The van der Waals surface area contributed by atoms with Crippen molar-refractivity contribution in [1.29, 1.82) is 0 Å². The summed E-state index contributed by atoms with van der Waals surface area (Å²) >= 11 is 0. The Hall–Kier alpha value is -0.346. The molecule has 0 spiro atoms. The standard InChI is InChI=1S/C4H8O5Si2/c5-1-2(6)4(8)11-9-10-3(1)7/h1-2,5-6H,10-11H2. The molecule has 11 heavy (non-hydrogen) atoms. The lowest BCUT2D eigenvalue weighted by atomic mass is 10.2. The number of hydrogen-bond acceptors (Lipinski definition) is 5. The molecular formula is C4H8O5Si2. The van der Waals surface area contributed by atoms with Gasteiger partial charge in [0.05, 0.1) is 0 Å². The van der Waals surface area contributed by atoms with Gasteiger partial charge in [-0.25, -0.2) is 0 Å². The predicted molar refractivity (Wildman–Crippen MR) is 40.2 cm³/mol. The van der Waals surface area contributed by atoms with Crippen molar-refractivity contribution < 1.29 is 23.9 Å². The van der Waals surface area contributed by atoms with E-state index in [1.165, 1.54) is 0 Å². The molecule has 1 aliphatic rings. The van der Waals surface area contributed by atoms with Crippen molar-refractivity contribution in [3.05, 3.63) is 0 Å². The summed E-state index contributed by atoms with van der Waals surface area (Å²) in [6.45, 7) is 0. The van der Waals surface area contributed by atoms with Crippen molar-refractivity contribution in [3.8, 4) is 0 Å². The van der Waals surface area contributed by atoms with Crippen LogP contribution in [0.25, 0.3) is 0 Å². The van der Waals surface area contributed by atoms with Crippen LogP contribution in [0, 0.1) is 0 Å². The van der Waals surface area contributed by atoms with Crippen LogP contribution < -0.4 is 0 Å². The molecule has 0 aromatic heterocycles. The van der Waals surface area contributed by atoms with Gasteiger partial charge in [-0.15, -0.1) is 0 Å². The molecule has 1 rings (SSSR count). The van der Waals surface area contributed by atoms with Crippen molar-refractivity contribution >= 4 is 30.3 Å². The fraction of sp³-hybridized carbons (Fsp3) is 0.500. The smallest absolute Gasteiger partial charge is 0.226 e. The van der Waals surface area contributed by atoms with E-state index in [0.717, 1.165) is 0 Å². The molecule has 1 heterocycles. The average Bonchev–Trinajstić information content (AvgIpc) is 2.07. The Morgan fingerprint density at radius 2 is 1.45 bits per heavy atom. The summed E-state index contributed by atoms with van der Waals surface area (Å²) in [6, 6.07) is 0. The number of carbonyl (C=O) groups is 2. The predicted octanol–water partition coefficient (Wildman–Crippen LogP) is -4.04. The van der Waals surface area contributed by atoms with Crippen LogP contribution in [0.4, 0.5) is 0 Å². The highest BCUT2D eigenvalue weighted by Gasteiger charge is 2.33. The Morgan fingerprint density at radius 3 is 1.82 bits per heavy atom. The second kappa shape index (κ2) is 3.37. The maximum absolute atomic E-state index is 10.8. The van der Waals surface area contributed by atoms with Crippen molar-refractivity contribution in [2.24, 2.45) is 0 Å². The molecule has 0 amide bonds. The van der Waals surface area contributed by atoms with E-state index in [2.05, 4.69) is 0 Å². The summed E-state index contributed by atoms with van der Waals surface area (Å²) in [5.41, 5.74) is 0. The van der Waals surface area contributed by atoms with E-state index in [-0.39, 0.29) is 0 Å². The quantitative estimate of drug-likeness (QED) is 0.382. The second-order valence-electron chi connectivity index (χ2n) is 2.32. The topological polar surface area (TPSA) is 83.8 Å². The number of hydrogen-bond donors (Lipinski definition) is 2. The SMILES string of the molecule is O=C1[SiH2]O[SiH2]C(=O)C(O)C1O. The summed E-state index contributed by atoms with van der Waals surface area (Å²) in [6.07, 6.45) is -3.05. The van der Waals surface area contributed by atoms with Gasteiger partial charge in [-0.05, 0) is 0 Å². The van der Waals surface area contributed by atoms with E-state index in [4.69, 9.17) is 14.3 Å². The van der Waals surface area contributed by atoms with Gasteiger partial charge in [0.15, 0.2) is 10.8 Å². The van der Waals surface area contributed by atoms with Crippen molar-refractivity contribution in [2.75, 3.05) is 0 Å². The molecule has 2 unspecified atom stereocenters. The van der Waals surface area contributed by atoms with Gasteiger partial charge in [0.2, 0.25) is 19.5 Å². The minimum absolute atomic E-state index is 0.490. The summed E-state index contributed by atoms with van der Waals surface area (Å²) in [5.74, 6) is 0. The Kier molecular flexibility index (Phi) is 2.68. The van der Waals surface area contributed by atoms with Gasteiger partial charge in [0.1, 0.15) is 12.2 Å². The average molecular weight is 192 g/mol. The molecule has 0 aromatic rings. The third-order valence-electron chi connectivity index (χ3n) is 1.45. The van der Waals surface area contributed by atoms with Crippen LogP contribution in [0.3, 0.4) is 0 Å². The van der Waals surface area contributed by atoms with Gasteiger partial charge < -0.3 is 23.9 Å². The summed E-state index contributed by atoms with van der Waals surface area (Å²) in [7, 11) is -2.84. The molecule has 1 fully saturated rings. The highest BCUT2D eigenvalue weighted by atomic mass is 28.3. The van der Waals surface area contributed by atoms with Gasteiger partial charge in [-0.3, -0.25) is 0 Å². The van der Waals surface area contributed by atoms with E-state index in [1.807, 2.05) is 0 Å². The lowest BCUT2D eigenvalue weighted by Crippen LogP contribution is -2.39. The zero-order valence-electron chi connectivity index (χ0n) is 5.69. The lowest BCUT2D eigenvalue weighted by Gasteiger charge is -2.09. The molecule has 7 heteroatoms. The highest BCUT2D eigenvalue weighted by molar-refractivity contribution is 6.82. The molecule has 2 atom stereocenters. The van der Waals surface area contributed by atoms with Crippen molar-refractivity contribution in [1.82, 2.24) is 0 Å². The first-order valence-corrected chi connectivity index (χ1v) is 5.69. The third kappa shape index (κ3) is 1.81. The zero-order chi connectivity index (χ0) is 8.43. The minimum Gasteiger partial charge on any atom is -0.454 e. The molecule has 0 radical (unpaired) electrons. The molecule has 0 aromatic carbocycles. The molecule has 0 bridgehead atoms. The monoisotopic (exact) mass is 192 g/mol. The van der Waals surface area contributed by atoms with Crippen molar-refractivity contribution in [3.63, 3.8) is 0 Å². The van der Waals surface area contributed by atoms with Crippen LogP contribution in [0.2, 0.25) is 0 Å². The Balaban J connectivity index is 2.73. The van der Waals surface area contributed by atoms with Gasteiger partial charge in [0, 0.05) is 0 Å².